The van der Waals surface area contributed by atoms with Gasteiger partial charge in [-0.3, -0.25) is 14.9 Å². The molecule has 0 bridgehead atoms. The molecule has 1 saturated heterocycles. The summed E-state index contributed by atoms with van der Waals surface area (Å²) in [6, 6.07) is 21.1. The fourth-order valence-corrected chi connectivity index (χ4v) is 4.84. The van der Waals surface area contributed by atoms with Crippen LogP contribution in [0.15, 0.2) is 72.3 Å². The van der Waals surface area contributed by atoms with Gasteiger partial charge in [0.25, 0.3) is 11.8 Å². The summed E-state index contributed by atoms with van der Waals surface area (Å²) < 4.78 is 12.7. The molecule has 0 aliphatic carbocycles. The lowest BCUT2D eigenvalue weighted by atomic mass is 10.0. The smallest absolute Gasteiger partial charge is 0.335 e. The topological polar surface area (TPSA) is 114 Å². The van der Waals surface area contributed by atoms with E-state index in [0.29, 0.717) is 29.2 Å². The largest absolute Gasteiger partial charge is 0.454 e. The molecule has 0 unspecified atom stereocenters. The van der Waals surface area contributed by atoms with Crippen LogP contribution in [0.2, 0.25) is 0 Å². The molecule has 3 aromatic carbocycles. The fraction of sp³-hybridized carbons (Fsp3) is 0.103. The van der Waals surface area contributed by atoms with Gasteiger partial charge in [0, 0.05) is 34.8 Å². The highest BCUT2D eigenvalue weighted by Gasteiger charge is 2.37. The summed E-state index contributed by atoms with van der Waals surface area (Å²) in [5.74, 6) is -0.610. The van der Waals surface area contributed by atoms with E-state index in [2.05, 4.69) is 11.4 Å². The maximum atomic E-state index is 13.5. The quantitative estimate of drug-likeness (QED) is 0.328. The van der Waals surface area contributed by atoms with Crippen LogP contribution in [-0.2, 0) is 16.1 Å². The predicted molar refractivity (Wildman–Crippen MR) is 139 cm³/mol. The van der Waals surface area contributed by atoms with Crippen LogP contribution < -0.4 is 19.7 Å². The first-order valence-electron chi connectivity index (χ1n) is 11.8. The van der Waals surface area contributed by atoms with Crippen molar-refractivity contribution in [3.8, 4) is 17.6 Å². The number of carbonyl (C=O) groups is 3. The molecule has 3 heterocycles. The zero-order chi connectivity index (χ0) is 26.4. The minimum Gasteiger partial charge on any atom is -0.454 e. The zero-order valence-corrected chi connectivity index (χ0v) is 20.2. The van der Waals surface area contributed by atoms with Crippen molar-refractivity contribution in [2.75, 3.05) is 11.7 Å². The lowest BCUT2D eigenvalue weighted by Gasteiger charge is -2.26. The Bertz CT molecular complexity index is 1740. The first-order chi connectivity index (χ1) is 18.5. The van der Waals surface area contributed by atoms with Crippen LogP contribution in [0.3, 0.4) is 0 Å². The molecule has 0 saturated carbocycles. The lowest BCUT2D eigenvalue weighted by Crippen LogP contribution is -2.54. The Morgan fingerprint density at radius 1 is 1.00 bits per heavy atom. The van der Waals surface area contributed by atoms with Gasteiger partial charge in [-0.1, -0.05) is 36.4 Å². The van der Waals surface area contributed by atoms with E-state index in [1.54, 1.807) is 18.2 Å². The second kappa shape index (κ2) is 8.94. The van der Waals surface area contributed by atoms with Crippen molar-refractivity contribution in [2.24, 2.45) is 0 Å². The Kier molecular flexibility index (Phi) is 5.43. The van der Waals surface area contributed by atoms with Crippen molar-refractivity contribution in [2.45, 2.75) is 13.5 Å². The molecule has 9 heteroatoms. The molecule has 0 spiro atoms. The third-order valence-electron chi connectivity index (χ3n) is 6.75. The van der Waals surface area contributed by atoms with E-state index in [1.165, 1.54) is 12.1 Å². The van der Waals surface area contributed by atoms with Gasteiger partial charge in [0.1, 0.15) is 5.57 Å². The van der Waals surface area contributed by atoms with E-state index in [4.69, 9.17) is 9.47 Å². The Morgan fingerprint density at radius 3 is 2.61 bits per heavy atom. The number of barbiturate groups is 1. The van der Waals surface area contributed by atoms with E-state index in [1.807, 2.05) is 54.0 Å². The second-order valence-corrected chi connectivity index (χ2v) is 8.87. The van der Waals surface area contributed by atoms with Crippen LogP contribution in [0.5, 0.6) is 11.5 Å². The minimum atomic E-state index is -0.844. The van der Waals surface area contributed by atoms with Crippen molar-refractivity contribution >= 4 is 40.5 Å². The zero-order valence-electron chi connectivity index (χ0n) is 20.2. The molecule has 0 radical (unpaired) electrons. The highest BCUT2D eigenvalue weighted by Crippen LogP contribution is 2.37. The predicted octanol–water partition coefficient (Wildman–Crippen LogP) is 4.26. The van der Waals surface area contributed by atoms with E-state index >= 15 is 0 Å². The van der Waals surface area contributed by atoms with Crippen LogP contribution in [0, 0.1) is 18.3 Å². The van der Waals surface area contributed by atoms with Crippen molar-refractivity contribution < 1.29 is 23.9 Å². The number of fused-ring (bicyclic) bond motifs is 2. The summed E-state index contributed by atoms with van der Waals surface area (Å²) >= 11 is 0. The van der Waals surface area contributed by atoms with Gasteiger partial charge in [-0.2, -0.15) is 5.26 Å². The number of ether oxygens (including phenoxy) is 2. The number of urea groups is 1. The molecule has 1 N–H and O–H groups in total. The number of benzene rings is 3. The van der Waals surface area contributed by atoms with Gasteiger partial charge >= 0.3 is 6.03 Å². The first-order valence-corrected chi connectivity index (χ1v) is 11.8. The average molecular weight is 505 g/mol. The molecule has 4 amide bonds. The van der Waals surface area contributed by atoms with E-state index in [0.717, 1.165) is 27.1 Å². The standard InChI is InChI=1S/C29H20N4O5/c1-17-22(21-8-4-5-9-24(21)32(17)15-19-7-3-2-6-18(19)14-30)13-23-27(34)31-29(36)33(28(23)35)20-10-11-25-26(12-20)38-16-37-25/h2-13H,15-16H2,1H3,(H,31,34,36)/b23-13+. The number of hydrogen-bond donors (Lipinski definition) is 1. The molecule has 9 nitrogen and oxygen atoms in total. The van der Waals surface area contributed by atoms with Crippen molar-refractivity contribution in [3.05, 3.63) is 94.7 Å². The number of imide groups is 2. The molecule has 1 fully saturated rings. The van der Waals surface area contributed by atoms with Gasteiger partial charge in [-0.15, -0.1) is 0 Å². The van der Waals surface area contributed by atoms with Gasteiger partial charge < -0.3 is 14.0 Å². The first kappa shape index (κ1) is 23.1. The molecule has 0 atom stereocenters. The van der Waals surface area contributed by atoms with Crippen molar-refractivity contribution in [1.29, 1.82) is 5.26 Å². The van der Waals surface area contributed by atoms with Crippen molar-refractivity contribution in [1.82, 2.24) is 9.88 Å². The Morgan fingerprint density at radius 2 is 1.76 bits per heavy atom. The van der Waals surface area contributed by atoms with Gasteiger partial charge in [0.2, 0.25) is 6.79 Å². The molecule has 2 aliphatic rings. The highest BCUT2D eigenvalue weighted by atomic mass is 16.7. The SMILES string of the molecule is Cc1c(/C=C2\C(=O)NC(=O)N(c3ccc4c(c3)OCO4)C2=O)c2ccccc2n1Cc1ccccc1C#N. The van der Waals surface area contributed by atoms with Gasteiger partial charge in [-0.25, -0.2) is 9.69 Å². The minimum absolute atomic E-state index is 0.0464. The molecule has 1 aromatic heterocycles. The molecular weight excluding hydrogens is 484 g/mol. The number of nitrogens with zero attached hydrogens (tertiary/aromatic N) is 3. The Balaban J connectivity index is 1.44. The van der Waals surface area contributed by atoms with Crippen LogP contribution >= 0.6 is 0 Å². The maximum absolute atomic E-state index is 13.5. The van der Waals surface area contributed by atoms with Crippen LogP contribution in [-0.4, -0.2) is 29.2 Å². The third kappa shape index (κ3) is 3.67. The number of rotatable bonds is 4. The monoisotopic (exact) mass is 504 g/mol. The van der Waals surface area contributed by atoms with E-state index in [9.17, 15) is 19.6 Å². The molecule has 4 aromatic rings. The molecule has 2 aliphatic heterocycles. The number of aromatic nitrogens is 1. The molecule has 38 heavy (non-hydrogen) atoms. The number of hydrogen-bond acceptors (Lipinski definition) is 6. The van der Waals surface area contributed by atoms with E-state index in [-0.39, 0.29) is 18.1 Å². The average Bonchev–Trinajstić information content (AvgIpc) is 3.49. The van der Waals surface area contributed by atoms with E-state index < -0.39 is 17.8 Å². The third-order valence-corrected chi connectivity index (χ3v) is 6.75. The lowest BCUT2D eigenvalue weighted by molar-refractivity contribution is -0.122. The maximum Gasteiger partial charge on any atom is 0.335 e. The van der Waals surface area contributed by atoms with Crippen LogP contribution in [0.4, 0.5) is 10.5 Å². The summed E-state index contributed by atoms with van der Waals surface area (Å²) in [5, 5.41) is 12.7. The highest BCUT2D eigenvalue weighted by molar-refractivity contribution is 6.39. The summed E-state index contributed by atoms with van der Waals surface area (Å²) in [6.07, 6.45) is 1.52. The molecular formula is C29H20N4O5. The van der Waals surface area contributed by atoms with Crippen LogP contribution in [0.1, 0.15) is 22.4 Å². The van der Waals surface area contributed by atoms with Crippen LogP contribution in [0.25, 0.3) is 17.0 Å². The number of nitrogens with one attached hydrogen (secondary N) is 1. The number of para-hydroxylation sites is 1. The van der Waals surface area contributed by atoms with Gasteiger partial charge in [0.15, 0.2) is 11.5 Å². The second-order valence-electron chi connectivity index (χ2n) is 8.87. The summed E-state index contributed by atoms with van der Waals surface area (Å²) in [7, 11) is 0. The normalized spacial score (nSPS) is 15.7. The molecule has 186 valence electrons. The summed E-state index contributed by atoms with van der Waals surface area (Å²) in [5.41, 5.74) is 3.87. The number of anilines is 1. The number of amides is 4. The number of nitriles is 1. The van der Waals surface area contributed by atoms with Gasteiger partial charge in [-0.05, 0) is 42.8 Å². The molecule has 6 rings (SSSR count). The number of carbonyl (C=O) groups excluding carboxylic acids is 3. The Hall–Kier alpha value is -5.36. The summed E-state index contributed by atoms with van der Waals surface area (Å²) in [6.45, 7) is 2.37. The Labute approximate surface area is 217 Å². The van der Waals surface area contributed by atoms with Crippen molar-refractivity contribution in [3.63, 3.8) is 0 Å². The van der Waals surface area contributed by atoms with Gasteiger partial charge in [0.05, 0.1) is 17.3 Å². The summed E-state index contributed by atoms with van der Waals surface area (Å²) in [4.78, 5) is 40.0. The fourth-order valence-electron chi connectivity index (χ4n) is 4.84.